The van der Waals surface area contributed by atoms with Gasteiger partial charge in [0, 0.05) is 12.5 Å². The highest BCUT2D eigenvalue weighted by atomic mass is 16.5. The van der Waals surface area contributed by atoms with Crippen LogP contribution in [0.2, 0.25) is 0 Å². The fraction of sp³-hybridized carbons (Fsp3) is 0.615. The van der Waals surface area contributed by atoms with Gasteiger partial charge in [-0.3, -0.25) is 0 Å². The van der Waals surface area contributed by atoms with Gasteiger partial charge in [-0.15, -0.1) is 0 Å². The molecule has 0 aromatic carbocycles. The van der Waals surface area contributed by atoms with Crippen LogP contribution in [0.1, 0.15) is 27.2 Å². The average Bonchev–Trinajstić information content (AvgIpc) is 2.21. The summed E-state index contributed by atoms with van der Waals surface area (Å²) < 4.78 is 5.72. The first-order valence-electron chi connectivity index (χ1n) is 5.53. The van der Waals surface area contributed by atoms with Gasteiger partial charge in [0.2, 0.25) is 0 Å². The van der Waals surface area contributed by atoms with Crippen molar-refractivity contribution in [3.8, 4) is 6.07 Å². The largest absolute Gasteiger partial charge is 0.376 e. The van der Waals surface area contributed by atoms with Crippen molar-refractivity contribution >= 4 is 0 Å². The van der Waals surface area contributed by atoms with E-state index in [9.17, 15) is 5.26 Å². The highest BCUT2D eigenvalue weighted by Gasteiger charge is 2.52. The van der Waals surface area contributed by atoms with E-state index < -0.39 is 0 Å². The van der Waals surface area contributed by atoms with Crippen molar-refractivity contribution in [1.29, 1.82) is 5.26 Å². The van der Waals surface area contributed by atoms with Crippen LogP contribution in [-0.2, 0) is 4.74 Å². The van der Waals surface area contributed by atoms with Gasteiger partial charge >= 0.3 is 0 Å². The lowest BCUT2D eigenvalue weighted by Crippen LogP contribution is -2.49. The Kier molecular flexibility index (Phi) is 2.44. The molecule has 0 amide bonds. The summed E-state index contributed by atoms with van der Waals surface area (Å²) in [7, 11) is 0. The highest BCUT2D eigenvalue weighted by molar-refractivity contribution is 5.43. The van der Waals surface area contributed by atoms with Crippen LogP contribution in [0.3, 0.4) is 0 Å². The van der Waals surface area contributed by atoms with E-state index in [1.165, 1.54) is 11.1 Å². The Balaban J connectivity index is 2.36. The summed E-state index contributed by atoms with van der Waals surface area (Å²) in [5.74, 6) is 0.285. The summed E-state index contributed by atoms with van der Waals surface area (Å²) in [5, 5.41) is 9.37. The topological polar surface area (TPSA) is 33.0 Å². The first-order valence-corrected chi connectivity index (χ1v) is 5.53. The lowest BCUT2D eigenvalue weighted by atomic mass is 9.56. The van der Waals surface area contributed by atoms with E-state index >= 15 is 0 Å². The van der Waals surface area contributed by atoms with E-state index in [-0.39, 0.29) is 17.4 Å². The maximum atomic E-state index is 9.37. The Bertz CT molecular complexity index is 374. The molecule has 0 aliphatic heterocycles. The summed E-state index contributed by atoms with van der Waals surface area (Å²) in [5.41, 5.74) is 2.27. The second-order valence-corrected chi connectivity index (χ2v) is 4.57. The molecular formula is C13H17NO. The van der Waals surface area contributed by atoms with Crippen LogP contribution in [0.25, 0.3) is 0 Å². The SMILES string of the molecule is CCO[C@H]1CC(C)=C[C@H]2C(C)=C[C@@]12C#N. The number of ether oxygens (including phenoxy) is 1. The summed E-state index contributed by atoms with van der Waals surface area (Å²) >= 11 is 0. The van der Waals surface area contributed by atoms with Gasteiger partial charge in [-0.2, -0.15) is 5.26 Å². The van der Waals surface area contributed by atoms with Crippen LogP contribution in [0.4, 0.5) is 0 Å². The Labute approximate surface area is 91.2 Å². The maximum Gasteiger partial charge on any atom is 0.112 e. The molecule has 15 heavy (non-hydrogen) atoms. The molecule has 2 rings (SSSR count). The Morgan fingerprint density at radius 2 is 2.33 bits per heavy atom. The van der Waals surface area contributed by atoms with E-state index in [1.54, 1.807) is 0 Å². The van der Waals surface area contributed by atoms with Crippen molar-refractivity contribution in [2.45, 2.75) is 33.3 Å². The lowest BCUT2D eigenvalue weighted by Gasteiger charge is -2.48. The zero-order chi connectivity index (χ0) is 11.1. The van der Waals surface area contributed by atoms with Gasteiger partial charge in [-0.05, 0) is 27.2 Å². The monoisotopic (exact) mass is 203 g/mol. The maximum absolute atomic E-state index is 9.37. The van der Waals surface area contributed by atoms with E-state index in [0.29, 0.717) is 6.61 Å². The number of hydrogen-bond donors (Lipinski definition) is 0. The zero-order valence-electron chi connectivity index (χ0n) is 9.58. The molecule has 3 atom stereocenters. The number of nitrogens with zero attached hydrogens (tertiary/aromatic N) is 1. The molecule has 80 valence electrons. The van der Waals surface area contributed by atoms with Crippen LogP contribution in [0.5, 0.6) is 0 Å². The predicted octanol–water partition coefficient (Wildman–Crippen LogP) is 2.83. The molecule has 0 fully saturated rings. The van der Waals surface area contributed by atoms with E-state index in [0.717, 1.165) is 6.42 Å². The van der Waals surface area contributed by atoms with Crippen LogP contribution >= 0.6 is 0 Å². The van der Waals surface area contributed by atoms with Gasteiger partial charge in [0.15, 0.2) is 0 Å². The Hall–Kier alpha value is -1.07. The molecule has 2 heteroatoms. The summed E-state index contributed by atoms with van der Waals surface area (Å²) in [6, 6.07) is 2.46. The molecule has 2 aliphatic carbocycles. The molecule has 0 aromatic rings. The van der Waals surface area contributed by atoms with Crippen LogP contribution < -0.4 is 0 Å². The molecule has 0 saturated carbocycles. The third-order valence-electron chi connectivity index (χ3n) is 3.52. The molecule has 2 nitrogen and oxygen atoms in total. The van der Waals surface area contributed by atoms with Gasteiger partial charge in [-0.25, -0.2) is 0 Å². The number of hydrogen-bond acceptors (Lipinski definition) is 2. The van der Waals surface area contributed by atoms with Crippen molar-refractivity contribution in [2.75, 3.05) is 6.61 Å². The molecule has 0 aromatic heterocycles. The molecule has 0 unspecified atom stereocenters. The van der Waals surface area contributed by atoms with Crippen molar-refractivity contribution < 1.29 is 4.74 Å². The minimum atomic E-state index is -0.375. The van der Waals surface area contributed by atoms with Crippen molar-refractivity contribution in [2.24, 2.45) is 11.3 Å². The Morgan fingerprint density at radius 3 is 2.87 bits per heavy atom. The zero-order valence-corrected chi connectivity index (χ0v) is 9.58. The predicted molar refractivity (Wildman–Crippen MR) is 59.1 cm³/mol. The van der Waals surface area contributed by atoms with Crippen molar-refractivity contribution in [3.63, 3.8) is 0 Å². The molecular weight excluding hydrogens is 186 g/mol. The van der Waals surface area contributed by atoms with Crippen LogP contribution in [0, 0.1) is 22.7 Å². The molecule has 0 N–H and O–H groups in total. The molecule has 0 heterocycles. The lowest BCUT2D eigenvalue weighted by molar-refractivity contribution is -0.0166. The quantitative estimate of drug-likeness (QED) is 0.646. The molecule has 0 saturated heterocycles. The van der Waals surface area contributed by atoms with E-state index in [4.69, 9.17) is 4.74 Å². The second-order valence-electron chi connectivity index (χ2n) is 4.57. The minimum Gasteiger partial charge on any atom is -0.376 e. The molecule has 0 radical (unpaired) electrons. The van der Waals surface area contributed by atoms with Gasteiger partial charge in [0.25, 0.3) is 0 Å². The second kappa shape index (κ2) is 3.50. The standard InChI is InChI=1S/C13H17NO/c1-4-15-12-6-9(2)5-11-10(3)7-13(11,12)8-14/h5,7,11-12H,4,6H2,1-3H3/t11-,12-,13-/m0/s1. The number of nitriles is 1. The number of rotatable bonds is 2. The first-order chi connectivity index (χ1) is 7.14. The molecule has 0 spiro atoms. The highest BCUT2D eigenvalue weighted by Crippen LogP contribution is 2.53. The summed E-state index contributed by atoms with van der Waals surface area (Å²) in [4.78, 5) is 0. The minimum absolute atomic E-state index is 0.0474. The molecule has 2 aliphatic rings. The third-order valence-corrected chi connectivity index (χ3v) is 3.52. The summed E-state index contributed by atoms with van der Waals surface area (Å²) in [6.45, 7) is 6.89. The van der Waals surface area contributed by atoms with Gasteiger partial charge in [0.1, 0.15) is 5.41 Å². The fourth-order valence-corrected chi connectivity index (χ4v) is 2.79. The van der Waals surface area contributed by atoms with E-state index in [2.05, 4.69) is 32.1 Å². The van der Waals surface area contributed by atoms with E-state index in [1.807, 2.05) is 6.92 Å². The summed E-state index contributed by atoms with van der Waals surface area (Å²) in [6.07, 6.45) is 5.25. The normalized spacial score (nSPS) is 38.3. The van der Waals surface area contributed by atoms with Crippen LogP contribution in [-0.4, -0.2) is 12.7 Å². The average molecular weight is 203 g/mol. The Morgan fingerprint density at radius 1 is 1.60 bits per heavy atom. The van der Waals surface area contributed by atoms with Crippen molar-refractivity contribution in [1.82, 2.24) is 0 Å². The van der Waals surface area contributed by atoms with Gasteiger partial charge in [-0.1, -0.05) is 23.3 Å². The van der Waals surface area contributed by atoms with Crippen LogP contribution in [0.15, 0.2) is 23.3 Å². The first kappa shape index (κ1) is 10.4. The smallest absolute Gasteiger partial charge is 0.112 e. The van der Waals surface area contributed by atoms with Crippen molar-refractivity contribution in [3.05, 3.63) is 23.3 Å². The number of fused-ring (bicyclic) bond motifs is 1. The number of allylic oxidation sites excluding steroid dienone is 2. The third kappa shape index (κ3) is 1.34. The van der Waals surface area contributed by atoms with Gasteiger partial charge < -0.3 is 4.74 Å². The fourth-order valence-electron chi connectivity index (χ4n) is 2.79. The van der Waals surface area contributed by atoms with Gasteiger partial charge in [0.05, 0.1) is 12.2 Å². The molecule has 0 bridgehead atoms.